The highest BCUT2D eigenvalue weighted by molar-refractivity contribution is 5.81. The molecule has 0 aliphatic carbocycles. The van der Waals surface area contributed by atoms with Gasteiger partial charge in [0.2, 0.25) is 0 Å². The third kappa shape index (κ3) is 4.92. The van der Waals surface area contributed by atoms with Crippen LogP contribution in [0.4, 0.5) is 0 Å². The van der Waals surface area contributed by atoms with Crippen molar-refractivity contribution in [1.29, 1.82) is 0 Å². The zero-order valence-electron chi connectivity index (χ0n) is 16.4. The van der Waals surface area contributed by atoms with Gasteiger partial charge in [0.05, 0.1) is 13.2 Å². The molecule has 3 aromatic rings. The number of rotatable bonds is 7. The fourth-order valence-electron chi connectivity index (χ4n) is 2.96. The number of ether oxygens (including phenoxy) is 2. The van der Waals surface area contributed by atoms with Gasteiger partial charge in [0.15, 0.2) is 6.10 Å². The van der Waals surface area contributed by atoms with Crippen LogP contribution in [0, 0.1) is 6.92 Å². The number of nitrogens with one attached hydrogen (secondary N) is 1. The number of amides is 1. The summed E-state index contributed by atoms with van der Waals surface area (Å²) >= 11 is 0. The van der Waals surface area contributed by atoms with E-state index in [9.17, 15) is 4.79 Å². The van der Waals surface area contributed by atoms with Crippen LogP contribution in [0.15, 0.2) is 78.9 Å². The van der Waals surface area contributed by atoms with E-state index in [1.165, 1.54) is 5.56 Å². The van der Waals surface area contributed by atoms with Crippen LogP contribution in [0.5, 0.6) is 11.5 Å². The van der Waals surface area contributed by atoms with Crippen LogP contribution in [0.3, 0.4) is 0 Å². The second kappa shape index (κ2) is 9.09. The lowest BCUT2D eigenvalue weighted by molar-refractivity contribution is -0.127. The molecule has 144 valence electrons. The summed E-state index contributed by atoms with van der Waals surface area (Å²) in [5.41, 5.74) is 3.23. The van der Waals surface area contributed by atoms with Gasteiger partial charge in [-0.1, -0.05) is 66.2 Å². The van der Waals surface area contributed by atoms with Crippen molar-refractivity contribution in [2.24, 2.45) is 0 Å². The lowest BCUT2D eigenvalue weighted by Gasteiger charge is -2.23. The summed E-state index contributed by atoms with van der Waals surface area (Å²) in [6.07, 6.45) is -0.649. The van der Waals surface area contributed by atoms with Crippen LogP contribution in [0.2, 0.25) is 0 Å². The lowest BCUT2D eigenvalue weighted by atomic mass is 9.97. The molecule has 0 spiro atoms. The molecule has 0 radical (unpaired) electrons. The molecule has 0 aliphatic heterocycles. The molecule has 0 heterocycles. The molecule has 2 unspecified atom stereocenters. The van der Waals surface area contributed by atoms with E-state index in [4.69, 9.17) is 9.47 Å². The number of carbonyl (C=O) groups is 1. The fraction of sp³-hybridized carbons (Fsp3) is 0.208. The number of aryl methyl sites for hydroxylation is 1. The minimum Gasteiger partial charge on any atom is -0.497 e. The Hall–Kier alpha value is -3.27. The van der Waals surface area contributed by atoms with Gasteiger partial charge in [-0.05, 0) is 37.1 Å². The smallest absolute Gasteiger partial charge is 0.261 e. The Balaban J connectivity index is 1.77. The molecule has 0 saturated carbocycles. The molecular formula is C24H25NO3. The van der Waals surface area contributed by atoms with E-state index in [1.54, 1.807) is 26.2 Å². The largest absolute Gasteiger partial charge is 0.497 e. The Morgan fingerprint density at radius 3 is 2.18 bits per heavy atom. The molecule has 3 rings (SSSR count). The number of benzene rings is 3. The van der Waals surface area contributed by atoms with Crippen molar-refractivity contribution in [2.75, 3.05) is 7.11 Å². The number of hydrogen-bond donors (Lipinski definition) is 1. The van der Waals surface area contributed by atoms with E-state index >= 15 is 0 Å². The van der Waals surface area contributed by atoms with Crippen molar-refractivity contribution in [3.05, 3.63) is 95.6 Å². The van der Waals surface area contributed by atoms with Crippen LogP contribution >= 0.6 is 0 Å². The van der Waals surface area contributed by atoms with Crippen molar-refractivity contribution in [3.63, 3.8) is 0 Å². The average Bonchev–Trinajstić information content (AvgIpc) is 2.73. The van der Waals surface area contributed by atoms with E-state index in [1.807, 2.05) is 73.7 Å². The van der Waals surface area contributed by atoms with E-state index in [-0.39, 0.29) is 11.9 Å². The van der Waals surface area contributed by atoms with Gasteiger partial charge < -0.3 is 14.8 Å². The molecule has 0 aromatic heterocycles. The monoisotopic (exact) mass is 375 g/mol. The zero-order valence-corrected chi connectivity index (χ0v) is 16.4. The van der Waals surface area contributed by atoms with Crippen LogP contribution in [0.1, 0.15) is 29.7 Å². The SMILES string of the molecule is COc1cccc(OC(C)C(=O)NC(c2ccccc2)c2ccc(C)cc2)c1. The van der Waals surface area contributed by atoms with Crippen molar-refractivity contribution in [2.45, 2.75) is 26.0 Å². The topological polar surface area (TPSA) is 47.6 Å². The Labute approximate surface area is 166 Å². The van der Waals surface area contributed by atoms with Crippen LogP contribution in [-0.4, -0.2) is 19.1 Å². The van der Waals surface area contributed by atoms with Crippen molar-refractivity contribution >= 4 is 5.91 Å². The Morgan fingerprint density at radius 1 is 0.857 bits per heavy atom. The van der Waals surface area contributed by atoms with Gasteiger partial charge in [-0.25, -0.2) is 0 Å². The van der Waals surface area contributed by atoms with Gasteiger partial charge in [-0.3, -0.25) is 4.79 Å². The number of carbonyl (C=O) groups excluding carboxylic acids is 1. The third-order valence-electron chi connectivity index (χ3n) is 4.55. The maximum absolute atomic E-state index is 12.9. The number of methoxy groups -OCH3 is 1. The fourth-order valence-corrected chi connectivity index (χ4v) is 2.96. The highest BCUT2D eigenvalue weighted by Crippen LogP contribution is 2.24. The predicted octanol–water partition coefficient (Wildman–Crippen LogP) is 4.68. The molecule has 0 saturated heterocycles. The van der Waals surface area contributed by atoms with E-state index in [0.29, 0.717) is 11.5 Å². The average molecular weight is 375 g/mol. The summed E-state index contributed by atoms with van der Waals surface area (Å²) in [5.74, 6) is 1.10. The van der Waals surface area contributed by atoms with Gasteiger partial charge >= 0.3 is 0 Å². The van der Waals surface area contributed by atoms with Crippen molar-refractivity contribution < 1.29 is 14.3 Å². The summed E-state index contributed by atoms with van der Waals surface area (Å²) in [4.78, 5) is 12.9. The normalized spacial score (nSPS) is 12.7. The van der Waals surface area contributed by atoms with E-state index in [0.717, 1.165) is 11.1 Å². The maximum Gasteiger partial charge on any atom is 0.261 e. The highest BCUT2D eigenvalue weighted by Gasteiger charge is 2.21. The first-order valence-electron chi connectivity index (χ1n) is 9.29. The summed E-state index contributed by atoms with van der Waals surface area (Å²) < 4.78 is 11.0. The molecule has 0 bridgehead atoms. The van der Waals surface area contributed by atoms with Crippen LogP contribution in [0.25, 0.3) is 0 Å². The minimum absolute atomic E-state index is 0.183. The standard InChI is InChI=1S/C24H25NO3/c1-17-12-14-20(15-13-17)23(19-8-5-4-6-9-19)25-24(26)18(2)28-22-11-7-10-21(16-22)27-3/h4-16,18,23H,1-3H3,(H,25,26). The van der Waals surface area contributed by atoms with Gasteiger partial charge in [0, 0.05) is 6.07 Å². The quantitative estimate of drug-likeness (QED) is 0.652. The maximum atomic E-state index is 12.9. The minimum atomic E-state index is -0.649. The Morgan fingerprint density at radius 2 is 1.50 bits per heavy atom. The molecule has 0 fully saturated rings. The Kier molecular flexibility index (Phi) is 6.33. The van der Waals surface area contributed by atoms with Gasteiger partial charge in [0.1, 0.15) is 11.5 Å². The van der Waals surface area contributed by atoms with Crippen LogP contribution < -0.4 is 14.8 Å². The molecular weight excluding hydrogens is 350 g/mol. The molecule has 2 atom stereocenters. The summed E-state index contributed by atoms with van der Waals surface area (Å²) in [5, 5.41) is 3.12. The summed E-state index contributed by atoms with van der Waals surface area (Å²) in [6, 6.07) is 25.1. The van der Waals surface area contributed by atoms with Gasteiger partial charge in [0.25, 0.3) is 5.91 Å². The summed E-state index contributed by atoms with van der Waals surface area (Å²) in [6.45, 7) is 3.79. The van der Waals surface area contributed by atoms with Crippen LogP contribution in [-0.2, 0) is 4.79 Å². The molecule has 28 heavy (non-hydrogen) atoms. The van der Waals surface area contributed by atoms with Gasteiger partial charge in [-0.15, -0.1) is 0 Å². The highest BCUT2D eigenvalue weighted by atomic mass is 16.5. The molecule has 1 N–H and O–H groups in total. The second-order valence-corrected chi connectivity index (χ2v) is 6.70. The molecule has 0 aliphatic rings. The van der Waals surface area contributed by atoms with Crippen molar-refractivity contribution in [3.8, 4) is 11.5 Å². The summed E-state index contributed by atoms with van der Waals surface area (Å²) in [7, 11) is 1.60. The van der Waals surface area contributed by atoms with Crippen molar-refractivity contribution in [1.82, 2.24) is 5.32 Å². The predicted molar refractivity (Wildman–Crippen MR) is 111 cm³/mol. The second-order valence-electron chi connectivity index (χ2n) is 6.70. The third-order valence-corrected chi connectivity index (χ3v) is 4.55. The van der Waals surface area contributed by atoms with E-state index in [2.05, 4.69) is 5.32 Å². The lowest BCUT2D eigenvalue weighted by Crippen LogP contribution is -2.39. The first-order chi connectivity index (χ1) is 13.6. The molecule has 3 aromatic carbocycles. The first-order valence-corrected chi connectivity index (χ1v) is 9.29. The molecule has 4 heteroatoms. The Bertz CT molecular complexity index is 907. The number of hydrogen-bond acceptors (Lipinski definition) is 3. The zero-order chi connectivity index (χ0) is 19.9. The van der Waals surface area contributed by atoms with Gasteiger partial charge in [-0.2, -0.15) is 0 Å². The molecule has 1 amide bonds. The first kappa shape index (κ1) is 19.5. The molecule has 4 nitrogen and oxygen atoms in total. The van der Waals surface area contributed by atoms with E-state index < -0.39 is 6.10 Å².